The Labute approximate surface area is 146 Å². The van der Waals surface area contributed by atoms with Gasteiger partial charge in [0.2, 0.25) is 5.91 Å². The normalized spacial score (nSPS) is 10.3. The van der Waals surface area contributed by atoms with Gasteiger partial charge in [-0.1, -0.05) is 12.1 Å². The second-order valence-electron chi connectivity index (χ2n) is 5.42. The Bertz CT molecular complexity index is 856. The highest BCUT2D eigenvalue weighted by atomic mass is 16.5. The highest BCUT2D eigenvalue weighted by molar-refractivity contribution is 5.91. The zero-order valence-electron chi connectivity index (χ0n) is 14.1. The fraction of sp³-hybridized carbons (Fsp3) is 0.158. The van der Waals surface area contributed by atoms with E-state index in [0.717, 1.165) is 22.7 Å². The SMILES string of the molecule is COc1ccc(-n2ccc(NC(=O)Cc3cccc(OC)c3)n2)cc1. The lowest BCUT2D eigenvalue weighted by Crippen LogP contribution is -2.15. The number of aromatic nitrogens is 2. The van der Waals surface area contributed by atoms with E-state index < -0.39 is 0 Å². The summed E-state index contributed by atoms with van der Waals surface area (Å²) in [6, 6.07) is 16.7. The summed E-state index contributed by atoms with van der Waals surface area (Å²) in [6.07, 6.45) is 2.05. The van der Waals surface area contributed by atoms with E-state index in [4.69, 9.17) is 9.47 Å². The van der Waals surface area contributed by atoms with Gasteiger partial charge in [0.05, 0.1) is 26.3 Å². The Kier molecular flexibility index (Phi) is 4.99. The van der Waals surface area contributed by atoms with Gasteiger partial charge in [-0.2, -0.15) is 5.10 Å². The van der Waals surface area contributed by atoms with Gasteiger partial charge < -0.3 is 14.8 Å². The minimum absolute atomic E-state index is 0.131. The molecule has 3 rings (SSSR count). The molecule has 1 aromatic heterocycles. The molecule has 0 radical (unpaired) electrons. The molecule has 2 aromatic carbocycles. The predicted molar refractivity (Wildman–Crippen MR) is 95.4 cm³/mol. The van der Waals surface area contributed by atoms with Crippen LogP contribution in [0.25, 0.3) is 5.69 Å². The lowest BCUT2D eigenvalue weighted by Gasteiger charge is -2.05. The van der Waals surface area contributed by atoms with Crippen LogP contribution in [0.5, 0.6) is 11.5 Å². The van der Waals surface area contributed by atoms with Gasteiger partial charge in [0.25, 0.3) is 0 Å². The van der Waals surface area contributed by atoms with Gasteiger partial charge in [-0.15, -0.1) is 0 Å². The highest BCUT2D eigenvalue weighted by Gasteiger charge is 2.08. The van der Waals surface area contributed by atoms with Crippen LogP contribution in [0.3, 0.4) is 0 Å². The first-order valence-corrected chi connectivity index (χ1v) is 7.81. The van der Waals surface area contributed by atoms with Gasteiger partial charge in [-0.25, -0.2) is 4.68 Å². The maximum atomic E-state index is 12.2. The predicted octanol–water partition coefficient (Wildman–Crippen LogP) is 3.07. The van der Waals surface area contributed by atoms with Crippen molar-refractivity contribution in [3.05, 3.63) is 66.4 Å². The van der Waals surface area contributed by atoms with Crippen molar-refractivity contribution in [3.63, 3.8) is 0 Å². The molecule has 0 bridgehead atoms. The Morgan fingerprint density at radius 2 is 1.80 bits per heavy atom. The summed E-state index contributed by atoms with van der Waals surface area (Å²) in [4.78, 5) is 12.2. The van der Waals surface area contributed by atoms with Crippen LogP contribution in [0.1, 0.15) is 5.56 Å². The Hall–Kier alpha value is -3.28. The number of rotatable bonds is 6. The first-order chi connectivity index (χ1) is 12.2. The molecule has 0 aliphatic heterocycles. The van der Waals surface area contributed by atoms with Gasteiger partial charge in [0.15, 0.2) is 5.82 Å². The van der Waals surface area contributed by atoms with Gasteiger partial charge in [0.1, 0.15) is 11.5 Å². The van der Waals surface area contributed by atoms with Crippen LogP contribution in [-0.4, -0.2) is 29.9 Å². The maximum absolute atomic E-state index is 12.2. The third-order valence-corrected chi connectivity index (χ3v) is 3.69. The number of benzene rings is 2. The smallest absolute Gasteiger partial charge is 0.229 e. The van der Waals surface area contributed by atoms with Crippen LogP contribution < -0.4 is 14.8 Å². The molecule has 3 aromatic rings. The molecule has 6 heteroatoms. The first-order valence-electron chi connectivity index (χ1n) is 7.81. The molecule has 0 saturated carbocycles. The van der Waals surface area contributed by atoms with Gasteiger partial charge in [-0.05, 0) is 42.0 Å². The van der Waals surface area contributed by atoms with Crippen LogP contribution in [0.15, 0.2) is 60.8 Å². The molecule has 1 amide bonds. The van der Waals surface area contributed by atoms with Crippen molar-refractivity contribution in [2.45, 2.75) is 6.42 Å². The van der Waals surface area contributed by atoms with E-state index in [1.54, 1.807) is 31.2 Å². The van der Waals surface area contributed by atoms with Gasteiger partial charge in [0, 0.05) is 12.3 Å². The Morgan fingerprint density at radius 3 is 2.52 bits per heavy atom. The van der Waals surface area contributed by atoms with E-state index in [1.165, 1.54) is 0 Å². The summed E-state index contributed by atoms with van der Waals surface area (Å²) < 4.78 is 12.0. The molecule has 128 valence electrons. The van der Waals surface area contributed by atoms with Crippen LogP contribution in [-0.2, 0) is 11.2 Å². The zero-order valence-corrected chi connectivity index (χ0v) is 14.1. The van der Waals surface area contributed by atoms with Gasteiger partial charge >= 0.3 is 0 Å². The van der Waals surface area contributed by atoms with E-state index in [9.17, 15) is 4.79 Å². The quantitative estimate of drug-likeness (QED) is 0.751. The maximum Gasteiger partial charge on any atom is 0.229 e. The zero-order chi connectivity index (χ0) is 17.6. The van der Waals surface area contributed by atoms with Gasteiger partial charge in [-0.3, -0.25) is 4.79 Å². The standard InChI is InChI=1S/C19H19N3O3/c1-24-16-8-6-15(7-9-16)22-11-10-18(21-22)20-19(23)13-14-4-3-5-17(12-14)25-2/h3-12H,13H2,1-2H3,(H,20,21,23). The second kappa shape index (κ2) is 7.53. The van der Waals surface area contributed by atoms with E-state index in [2.05, 4.69) is 10.4 Å². The van der Waals surface area contributed by atoms with E-state index >= 15 is 0 Å². The molecule has 0 fully saturated rings. The average Bonchev–Trinajstić information content (AvgIpc) is 3.10. The second-order valence-corrected chi connectivity index (χ2v) is 5.42. The molecule has 1 N–H and O–H groups in total. The molecule has 25 heavy (non-hydrogen) atoms. The number of carbonyl (C=O) groups is 1. The molecule has 1 heterocycles. The van der Waals surface area contributed by atoms with Crippen LogP contribution >= 0.6 is 0 Å². The molecule has 0 atom stereocenters. The number of nitrogens with zero attached hydrogens (tertiary/aromatic N) is 2. The molecule has 0 unspecified atom stereocenters. The van der Waals surface area contributed by atoms with Crippen molar-refractivity contribution >= 4 is 11.7 Å². The van der Waals surface area contributed by atoms with Crippen molar-refractivity contribution in [3.8, 4) is 17.2 Å². The van der Waals surface area contributed by atoms with Crippen molar-refractivity contribution < 1.29 is 14.3 Å². The highest BCUT2D eigenvalue weighted by Crippen LogP contribution is 2.16. The molecule has 0 saturated heterocycles. The summed E-state index contributed by atoms with van der Waals surface area (Å²) in [7, 11) is 3.23. The molecule has 0 spiro atoms. The number of anilines is 1. The first kappa shape index (κ1) is 16.6. The monoisotopic (exact) mass is 337 g/mol. The Morgan fingerprint density at radius 1 is 1.04 bits per heavy atom. The van der Waals surface area contributed by atoms with E-state index in [0.29, 0.717) is 5.82 Å². The van der Waals surface area contributed by atoms with Crippen molar-refractivity contribution in [1.29, 1.82) is 0 Å². The third kappa shape index (κ3) is 4.17. The fourth-order valence-corrected chi connectivity index (χ4v) is 2.42. The summed E-state index contributed by atoms with van der Waals surface area (Å²) in [6.45, 7) is 0. The molecular weight excluding hydrogens is 318 g/mol. The lowest BCUT2D eigenvalue weighted by molar-refractivity contribution is -0.115. The fourth-order valence-electron chi connectivity index (χ4n) is 2.42. The third-order valence-electron chi connectivity index (χ3n) is 3.69. The van der Waals surface area contributed by atoms with Crippen LogP contribution in [0, 0.1) is 0 Å². The average molecular weight is 337 g/mol. The molecule has 0 aliphatic carbocycles. The molecule has 6 nitrogen and oxygen atoms in total. The number of amides is 1. The summed E-state index contributed by atoms with van der Waals surface area (Å²) in [5, 5.41) is 7.17. The minimum Gasteiger partial charge on any atom is -0.497 e. The molecule has 0 aliphatic rings. The largest absolute Gasteiger partial charge is 0.497 e. The van der Waals surface area contributed by atoms with Crippen LogP contribution in [0.4, 0.5) is 5.82 Å². The topological polar surface area (TPSA) is 65.4 Å². The van der Waals surface area contributed by atoms with E-state index in [-0.39, 0.29) is 12.3 Å². The number of hydrogen-bond acceptors (Lipinski definition) is 4. The minimum atomic E-state index is -0.131. The summed E-state index contributed by atoms with van der Waals surface area (Å²) >= 11 is 0. The van der Waals surface area contributed by atoms with Crippen molar-refractivity contribution in [1.82, 2.24) is 9.78 Å². The number of hydrogen-bond donors (Lipinski definition) is 1. The number of ether oxygens (including phenoxy) is 2. The lowest BCUT2D eigenvalue weighted by atomic mass is 10.1. The number of carbonyl (C=O) groups excluding carboxylic acids is 1. The van der Waals surface area contributed by atoms with Crippen LogP contribution in [0.2, 0.25) is 0 Å². The number of methoxy groups -OCH3 is 2. The van der Waals surface area contributed by atoms with Crippen molar-refractivity contribution in [2.75, 3.05) is 19.5 Å². The van der Waals surface area contributed by atoms with Crippen molar-refractivity contribution in [2.24, 2.45) is 0 Å². The summed E-state index contributed by atoms with van der Waals surface area (Å²) in [5.74, 6) is 1.88. The number of nitrogens with one attached hydrogen (secondary N) is 1. The molecular formula is C19H19N3O3. The summed E-state index contributed by atoms with van der Waals surface area (Å²) in [5.41, 5.74) is 1.76. The Balaban J connectivity index is 1.64. The van der Waals surface area contributed by atoms with E-state index in [1.807, 2.05) is 48.5 Å².